The average Bonchev–Trinajstić information content (AvgIpc) is 3.04. The van der Waals surface area contributed by atoms with Crippen molar-refractivity contribution in [2.75, 3.05) is 31.6 Å². The van der Waals surface area contributed by atoms with Crippen molar-refractivity contribution in [2.24, 2.45) is 5.92 Å². The summed E-state index contributed by atoms with van der Waals surface area (Å²) in [6.07, 6.45) is 1.84. The Morgan fingerprint density at radius 3 is 3.12 bits per heavy atom. The molecule has 1 atom stereocenters. The van der Waals surface area contributed by atoms with E-state index in [4.69, 9.17) is 16.0 Å². The highest BCUT2D eigenvalue weighted by Crippen LogP contribution is 2.27. The van der Waals surface area contributed by atoms with Gasteiger partial charge in [0.25, 0.3) is 6.01 Å². The van der Waals surface area contributed by atoms with Gasteiger partial charge in [-0.2, -0.15) is 4.98 Å². The van der Waals surface area contributed by atoms with Crippen LogP contribution in [0.3, 0.4) is 0 Å². The van der Waals surface area contributed by atoms with E-state index < -0.39 is 0 Å². The molecule has 1 amide bonds. The summed E-state index contributed by atoms with van der Waals surface area (Å²) in [4.78, 5) is 29.9. The maximum Gasteiger partial charge on any atom is 0.307 e. The molecule has 134 valence electrons. The first-order valence-corrected chi connectivity index (χ1v) is 8.60. The van der Waals surface area contributed by atoms with Gasteiger partial charge >= 0.3 is 5.97 Å². The molecule has 0 aliphatic carbocycles. The van der Waals surface area contributed by atoms with E-state index in [2.05, 4.69) is 15.0 Å². The Bertz CT molecular complexity index is 776. The number of oxazole rings is 1. The number of piperidine rings is 1. The number of amides is 1. The standard InChI is InChI=1S/C17H20ClN3O4/c1-24-15(22)6-7-19-16(23)11-3-2-8-21(10-11)17-20-13-9-12(18)4-5-14(13)25-17/h4-5,9,11H,2-3,6-8,10H2,1H3,(H,19,23). The summed E-state index contributed by atoms with van der Waals surface area (Å²) in [6.45, 7) is 1.60. The number of carbonyl (C=O) groups excluding carboxylic acids is 2. The van der Waals surface area contributed by atoms with E-state index in [1.807, 2.05) is 4.90 Å². The second-order valence-electron chi connectivity index (χ2n) is 6.01. The summed E-state index contributed by atoms with van der Waals surface area (Å²) in [7, 11) is 1.33. The fraction of sp³-hybridized carbons (Fsp3) is 0.471. The van der Waals surface area contributed by atoms with E-state index in [9.17, 15) is 9.59 Å². The SMILES string of the molecule is COC(=O)CCNC(=O)C1CCCN(c2nc3cc(Cl)ccc3o2)C1. The molecule has 1 aliphatic rings. The minimum absolute atomic E-state index is 0.0623. The van der Waals surface area contributed by atoms with Crippen molar-refractivity contribution in [3.8, 4) is 0 Å². The fourth-order valence-corrected chi connectivity index (χ4v) is 3.09. The summed E-state index contributed by atoms with van der Waals surface area (Å²) >= 11 is 5.98. The van der Waals surface area contributed by atoms with Gasteiger partial charge in [0.05, 0.1) is 19.4 Å². The number of aromatic nitrogens is 1. The zero-order chi connectivity index (χ0) is 17.8. The van der Waals surface area contributed by atoms with Gasteiger partial charge in [0, 0.05) is 24.7 Å². The lowest BCUT2D eigenvalue weighted by atomic mass is 9.97. The number of nitrogens with one attached hydrogen (secondary N) is 1. The first-order valence-electron chi connectivity index (χ1n) is 8.22. The molecule has 0 bridgehead atoms. The summed E-state index contributed by atoms with van der Waals surface area (Å²) in [5.41, 5.74) is 1.37. The van der Waals surface area contributed by atoms with Crippen LogP contribution in [0.2, 0.25) is 5.02 Å². The van der Waals surface area contributed by atoms with Crippen LogP contribution in [-0.2, 0) is 14.3 Å². The fourth-order valence-electron chi connectivity index (χ4n) is 2.92. The first-order chi connectivity index (χ1) is 12.1. The van der Waals surface area contributed by atoms with Gasteiger partial charge in [-0.05, 0) is 31.0 Å². The largest absolute Gasteiger partial charge is 0.469 e. The molecule has 1 unspecified atom stereocenters. The zero-order valence-electron chi connectivity index (χ0n) is 14.0. The summed E-state index contributed by atoms with van der Waals surface area (Å²) in [5, 5.41) is 3.39. The molecule has 0 spiro atoms. The molecule has 0 radical (unpaired) electrons. The number of halogens is 1. The van der Waals surface area contributed by atoms with Crippen LogP contribution in [0, 0.1) is 5.92 Å². The Morgan fingerprint density at radius 1 is 1.48 bits per heavy atom. The lowest BCUT2D eigenvalue weighted by Gasteiger charge is -2.30. The Labute approximate surface area is 150 Å². The van der Waals surface area contributed by atoms with E-state index in [1.165, 1.54) is 7.11 Å². The number of fused-ring (bicyclic) bond motifs is 1. The van der Waals surface area contributed by atoms with Crippen molar-refractivity contribution in [3.63, 3.8) is 0 Å². The number of methoxy groups -OCH3 is 1. The molecule has 7 nitrogen and oxygen atoms in total. The van der Waals surface area contributed by atoms with Gasteiger partial charge in [-0.25, -0.2) is 0 Å². The third-order valence-electron chi connectivity index (χ3n) is 4.26. The second kappa shape index (κ2) is 7.74. The topological polar surface area (TPSA) is 84.7 Å². The second-order valence-corrected chi connectivity index (χ2v) is 6.45. The third-order valence-corrected chi connectivity index (χ3v) is 4.49. The van der Waals surface area contributed by atoms with Gasteiger partial charge in [0.1, 0.15) is 5.52 Å². The van der Waals surface area contributed by atoms with Crippen LogP contribution in [0.25, 0.3) is 11.1 Å². The number of esters is 1. The molecule has 3 rings (SSSR count). The quantitative estimate of drug-likeness (QED) is 0.819. The van der Waals surface area contributed by atoms with E-state index in [0.29, 0.717) is 28.7 Å². The summed E-state index contributed by atoms with van der Waals surface area (Å²) < 4.78 is 10.3. The molecule has 0 saturated carbocycles. The van der Waals surface area contributed by atoms with Gasteiger partial charge in [-0.1, -0.05) is 11.6 Å². The maximum absolute atomic E-state index is 12.3. The monoisotopic (exact) mass is 365 g/mol. The van der Waals surface area contributed by atoms with Crippen molar-refractivity contribution in [1.82, 2.24) is 10.3 Å². The van der Waals surface area contributed by atoms with Crippen molar-refractivity contribution in [1.29, 1.82) is 0 Å². The van der Waals surface area contributed by atoms with E-state index in [-0.39, 0.29) is 30.8 Å². The van der Waals surface area contributed by atoms with E-state index in [1.54, 1.807) is 18.2 Å². The Kier molecular flexibility index (Phi) is 5.43. The molecule has 1 aromatic heterocycles. The Morgan fingerprint density at radius 2 is 2.32 bits per heavy atom. The van der Waals surface area contributed by atoms with Gasteiger partial charge < -0.3 is 19.4 Å². The zero-order valence-corrected chi connectivity index (χ0v) is 14.7. The van der Waals surface area contributed by atoms with Crippen molar-refractivity contribution in [2.45, 2.75) is 19.3 Å². The molecular weight excluding hydrogens is 346 g/mol. The van der Waals surface area contributed by atoms with Crippen LogP contribution in [0.4, 0.5) is 6.01 Å². The highest BCUT2D eigenvalue weighted by Gasteiger charge is 2.28. The van der Waals surface area contributed by atoms with Crippen LogP contribution in [0.5, 0.6) is 0 Å². The van der Waals surface area contributed by atoms with Crippen LogP contribution in [0.15, 0.2) is 22.6 Å². The highest BCUT2D eigenvalue weighted by molar-refractivity contribution is 6.31. The average molecular weight is 366 g/mol. The molecule has 1 fully saturated rings. The van der Waals surface area contributed by atoms with Crippen LogP contribution in [-0.4, -0.2) is 43.6 Å². The van der Waals surface area contributed by atoms with Gasteiger partial charge in [0.2, 0.25) is 5.91 Å². The van der Waals surface area contributed by atoms with Crippen molar-refractivity contribution >= 4 is 40.6 Å². The predicted octanol–water partition coefficient (Wildman–Crippen LogP) is 2.38. The molecule has 1 saturated heterocycles. The number of ether oxygens (including phenoxy) is 1. The van der Waals surface area contributed by atoms with Gasteiger partial charge in [0.15, 0.2) is 5.58 Å². The van der Waals surface area contributed by atoms with Crippen LogP contribution < -0.4 is 10.2 Å². The number of nitrogens with zero attached hydrogens (tertiary/aromatic N) is 2. The molecule has 2 aromatic rings. The number of hydrogen-bond donors (Lipinski definition) is 1. The summed E-state index contributed by atoms with van der Waals surface area (Å²) in [5.74, 6) is -0.562. The van der Waals surface area contributed by atoms with Crippen LogP contribution in [0.1, 0.15) is 19.3 Å². The number of anilines is 1. The smallest absolute Gasteiger partial charge is 0.307 e. The lowest BCUT2D eigenvalue weighted by Crippen LogP contribution is -2.43. The minimum atomic E-state index is -0.337. The predicted molar refractivity (Wildman–Crippen MR) is 93.6 cm³/mol. The molecule has 8 heteroatoms. The Balaban J connectivity index is 1.61. The van der Waals surface area contributed by atoms with E-state index >= 15 is 0 Å². The molecule has 25 heavy (non-hydrogen) atoms. The van der Waals surface area contributed by atoms with Crippen molar-refractivity contribution < 1.29 is 18.7 Å². The number of benzene rings is 1. The molecule has 1 aromatic carbocycles. The normalized spacial score (nSPS) is 17.5. The molecule has 2 heterocycles. The van der Waals surface area contributed by atoms with Gasteiger partial charge in [-0.15, -0.1) is 0 Å². The molecule has 1 N–H and O–H groups in total. The number of carbonyl (C=O) groups is 2. The van der Waals surface area contributed by atoms with Crippen molar-refractivity contribution in [3.05, 3.63) is 23.2 Å². The van der Waals surface area contributed by atoms with Gasteiger partial charge in [-0.3, -0.25) is 9.59 Å². The lowest BCUT2D eigenvalue weighted by molar-refractivity contribution is -0.140. The molecule has 1 aliphatic heterocycles. The molecular formula is C17H20ClN3O4. The maximum atomic E-state index is 12.3. The Hall–Kier alpha value is -2.28. The third kappa shape index (κ3) is 4.22. The highest BCUT2D eigenvalue weighted by atomic mass is 35.5. The minimum Gasteiger partial charge on any atom is -0.469 e. The van der Waals surface area contributed by atoms with E-state index in [0.717, 1.165) is 19.4 Å². The first kappa shape index (κ1) is 17.5. The number of hydrogen-bond acceptors (Lipinski definition) is 6. The summed E-state index contributed by atoms with van der Waals surface area (Å²) in [6, 6.07) is 5.80. The number of rotatable bonds is 5. The van der Waals surface area contributed by atoms with Crippen LogP contribution >= 0.6 is 11.6 Å².